The van der Waals surface area contributed by atoms with Crippen LogP contribution in [0.1, 0.15) is 39.4 Å². The van der Waals surface area contributed by atoms with Crippen molar-refractivity contribution in [3.8, 4) is 0 Å². The van der Waals surface area contributed by atoms with Crippen LogP contribution in [0.2, 0.25) is 0 Å². The Hall–Kier alpha value is -1.00. The Balaban J connectivity index is 2.03. The Labute approximate surface area is 116 Å². The molecule has 1 aromatic rings. The van der Waals surface area contributed by atoms with E-state index in [4.69, 9.17) is 0 Å². The number of piperazine rings is 1. The SMILES string of the molecule is CCCC1CNC(C(C)C)CN1Cc1ncccn1. The Morgan fingerprint density at radius 2 is 2.11 bits per heavy atom. The Kier molecular flexibility index (Phi) is 5.28. The minimum atomic E-state index is 0.580. The first-order valence-corrected chi connectivity index (χ1v) is 7.44. The summed E-state index contributed by atoms with van der Waals surface area (Å²) in [5, 5.41) is 3.69. The summed E-state index contributed by atoms with van der Waals surface area (Å²) >= 11 is 0. The van der Waals surface area contributed by atoms with Gasteiger partial charge in [-0.1, -0.05) is 27.2 Å². The highest BCUT2D eigenvalue weighted by Gasteiger charge is 2.29. The number of hydrogen-bond donors (Lipinski definition) is 1. The molecule has 2 atom stereocenters. The number of nitrogens with one attached hydrogen (secondary N) is 1. The molecule has 1 saturated heterocycles. The summed E-state index contributed by atoms with van der Waals surface area (Å²) in [6.45, 7) is 9.89. The van der Waals surface area contributed by atoms with Crippen molar-refractivity contribution in [2.45, 2.75) is 52.2 Å². The zero-order chi connectivity index (χ0) is 13.7. The van der Waals surface area contributed by atoms with Gasteiger partial charge in [0, 0.05) is 37.6 Å². The molecule has 2 unspecified atom stereocenters. The van der Waals surface area contributed by atoms with Gasteiger partial charge in [0.2, 0.25) is 0 Å². The highest BCUT2D eigenvalue weighted by Crippen LogP contribution is 2.17. The van der Waals surface area contributed by atoms with Gasteiger partial charge in [-0.3, -0.25) is 4.90 Å². The van der Waals surface area contributed by atoms with E-state index in [2.05, 4.69) is 41.0 Å². The Morgan fingerprint density at radius 3 is 2.74 bits per heavy atom. The fraction of sp³-hybridized carbons (Fsp3) is 0.733. The third-order valence-corrected chi connectivity index (χ3v) is 3.95. The molecule has 2 rings (SSSR count). The van der Waals surface area contributed by atoms with Crippen LogP contribution in [0.15, 0.2) is 18.5 Å². The largest absolute Gasteiger partial charge is 0.311 e. The van der Waals surface area contributed by atoms with Crippen LogP contribution in [0, 0.1) is 5.92 Å². The van der Waals surface area contributed by atoms with Crippen molar-refractivity contribution < 1.29 is 0 Å². The van der Waals surface area contributed by atoms with E-state index >= 15 is 0 Å². The van der Waals surface area contributed by atoms with Crippen molar-refractivity contribution in [2.24, 2.45) is 5.92 Å². The summed E-state index contributed by atoms with van der Waals surface area (Å²) in [6.07, 6.45) is 6.13. The van der Waals surface area contributed by atoms with Crippen molar-refractivity contribution in [1.29, 1.82) is 0 Å². The monoisotopic (exact) mass is 262 g/mol. The van der Waals surface area contributed by atoms with Crippen LogP contribution >= 0.6 is 0 Å². The molecule has 4 nitrogen and oxygen atoms in total. The average molecular weight is 262 g/mol. The zero-order valence-electron chi connectivity index (χ0n) is 12.3. The second-order valence-corrected chi connectivity index (χ2v) is 5.80. The lowest BCUT2D eigenvalue weighted by molar-refractivity contribution is 0.0971. The predicted molar refractivity (Wildman–Crippen MR) is 77.8 cm³/mol. The van der Waals surface area contributed by atoms with Gasteiger partial charge in [0.1, 0.15) is 5.82 Å². The molecule has 2 heterocycles. The number of hydrogen-bond acceptors (Lipinski definition) is 4. The lowest BCUT2D eigenvalue weighted by atomic mass is 9.97. The van der Waals surface area contributed by atoms with Gasteiger partial charge in [-0.2, -0.15) is 0 Å². The maximum Gasteiger partial charge on any atom is 0.142 e. The van der Waals surface area contributed by atoms with E-state index in [-0.39, 0.29) is 0 Å². The molecule has 0 aromatic carbocycles. The number of nitrogens with zero attached hydrogens (tertiary/aromatic N) is 3. The fourth-order valence-corrected chi connectivity index (χ4v) is 2.73. The topological polar surface area (TPSA) is 41.0 Å². The van der Waals surface area contributed by atoms with E-state index in [0.717, 1.165) is 25.5 Å². The maximum atomic E-state index is 4.36. The molecule has 1 N–H and O–H groups in total. The lowest BCUT2D eigenvalue weighted by Crippen LogP contribution is -2.57. The molecule has 106 valence electrons. The van der Waals surface area contributed by atoms with E-state index in [1.54, 1.807) is 0 Å². The first-order chi connectivity index (χ1) is 9.20. The first kappa shape index (κ1) is 14.4. The Bertz CT molecular complexity index is 366. The van der Waals surface area contributed by atoms with E-state index in [1.807, 2.05) is 18.5 Å². The summed E-state index contributed by atoms with van der Waals surface area (Å²) in [5.41, 5.74) is 0. The van der Waals surface area contributed by atoms with Crippen molar-refractivity contribution in [2.75, 3.05) is 13.1 Å². The second kappa shape index (κ2) is 6.96. The van der Waals surface area contributed by atoms with Crippen LogP contribution in [0.25, 0.3) is 0 Å². The minimum Gasteiger partial charge on any atom is -0.311 e. The van der Waals surface area contributed by atoms with E-state index < -0.39 is 0 Å². The predicted octanol–water partition coefficient (Wildman–Crippen LogP) is 2.08. The standard InChI is InChI=1S/C15H26N4/c1-4-6-13-9-18-14(12(2)3)10-19(13)11-15-16-7-5-8-17-15/h5,7-8,12-14,18H,4,6,9-11H2,1-3H3. The van der Waals surface area contributed by atoms with Gasteiger partial charge in [-0.05, 0) is 18.4 Å². The highest BCUT2D eigenvalue weighted by molar-refractivity contribution is 4.93. The molecule has 0 aliphatic carbocycles. The summed E-state index contributed by atoms with van der Waals surface area (Å²) in [5.74, 6) is 1.61. The molecule has 1 aliphatic heterocycles. The number of aromatic nitrogens is 2. The molecule has 0 saturated carbocycles. The van der Waals surface area contributed by atoms with Crippen LogP contribution in [-0.2, 0) is 6.54 Å². The number of rotatable bonds is 5. The molecule has 0 spiro atoms. The normalized spacial score (nSPS) is 24.8. The van der Waals surface area contributed by atoms with E-state index in [9.17, 15) is 0 Å². The molecule has 1 aliphatic rings. The Morgan fingerprint density at radius 1 is 1.37 bits per heavy atom. The van der Waals surface area contributed by atoms with Gasteiger partial charge in [0.15, 0.2) is 0 Å². The highest BCUT2D eigenvalue weighted by atomic mass is 15.2. The van der Waals surface area contributed by atoms with E-state index in [1.165, 1.54) is 12.8 Å². The van der Waals surface area contributed by atoms with Crippen molar-refractivity contribution in [1.82, 2.24) is 20.2 Å². The average Bonchev–Trinajstić information content (AvgIpc) is 2.42. The van der Waals surface area contributed by atoms with Crippen LogP contribution in [0.4, 0.5) is 0 Å². The van der Waals surface area contributed by atoms with Gasteiger partial charge in [-0.15, -0.1) is 0 Å². The van der Waals surface area contributed by atoms with Gasteiger partial charge in [0.05, 0.1) is 6.54 Å². The quantitative estimate of drug-likeness (QED) is 0.882. The first-order valence-electron chi connectivity index (χ1n) is 7.44. The molecule has 0 radical (unpaired) electrons. The summed E-state index contributed by atoms with van der Waals surface area (Å²) < 4.78 is 0. The second-order valence-electron chi connectivity index (χ2n) is 5.80. The summed E-state index contributed by atoms with van der Waals surface area (Å²) in [7, 11) is 0. The molecule has 19 heavy (non-hydrogen) atoms. The minimum absolute atomic E-state index is 0.580. The van der Waals surface area contributed by atoms with Gasteiger partial charge >= 0.3 is 0 Å². The molecule has 4 heteroatoms. The van der Waals surface area contributed by atoms with Crippen molar-refractivity contribution in [3.63, 3.8) is 0 Å². The molecular formula is C15H26N4. The van der Waals surface area contributed by atoms with Gasteiger partial charge in [-0.25, -0.2) is 9.97 Å². The van der Waals surface area contributed by atoms with Gasteiger partial charge in [0.25, 0.3) is 0 Å². The maximum absolute atomic E-state index is 4.36. The zero-order valence-corrected chi connectivity index (χ0v) is 12.3. The van der Waals surface area contributed by atoms with E-state index in [0.29, 0.717) is 18.0 Å². The third-order valence-electron chi connectivity index (χ3n) is 3.95. The molecular weight excluding hydrogens is 236 g/mol. The molecule has 1 fully saturated rings. The summed E-state index contributed by atoms with van der Waals surface area (Å²) in [4.78, 5) is 11.3. The van der Waals surface area contributed by atoms with Crippen molar-refractivity contribution in [3.05, 3.63) is 24.3 Å². The van der Waals surface area contributed by atoms with Crippen LogP contribution in [0.5, 0.6) is 0 Å². The molecule has 0 amide bonds. The smallest absolute Gasteiger partial charge is 0.142 e. The summed E-state index contributed by atoms with van der Waals surface area (Å²) in [6, 6.07) is 3.07. The van der Waals surface area contributed by atoms with Crippen LogP contribution < -0.4 is 5.32 Å². The van der Waals surface area contributed by atoms with Crippen LogP contribution in [-0.4, -0.2) is 40.0 Å². The van der Waals surface area contributed by atoms with Crippen molar-refractivity contribution >= 4 is 0 Å². The van der Waals surface area contributed by atoms with Crippen LogP contribution in [0.3, 0.4) is 0 Å². The third kappa shape index (κ3) is 3.98. The molecule has 1 aromatic heterocycles. The lowest BCUT2D eigenvalue weighted by Gasteiger charge is -2.41. The molecule has 0 bridgehead atoms. The van der Waals surface area contributed by atoms with Gasteiger partial charge < -0.3 is 5.32 Å². The fourth-order valence-electron chi connectivity index (χ4n) is 2.73.